The topological polar surface area (TPSA) is 51.1 Å². The van der Waals surface area contributed by atoms with Crippen LogP contribution < -0.4 is 5.32 Å². The van der Waals surface area contributed by atoms with E-state index in [1.807, 2.05) is 35.9 Å². The highest BCUT2D eigenvalue weighted by Gasteiger charge is 2.31. The van der Waals surface area contributed by atoms with Crippen molar-refractivity contribution in [1.82, 2.24) is 9.88 Å². The van der Waals surface area contributed by atoms with Gasteiger partial charge in [0, 0.05) is 24.1 Å². The minimum Gasteiger partial charge on any atom is -0.349 e. The second kappa shape index (κ2) is 4.65. The Morgan fingerprint density at radius 2 is 1.89 bits per heavy atom. The van der Waals surface area contributed by atoms with Crippen LogP contribution in [0.25, 0.3) is 10.9 Å². The van der Waals surface area contributed by atoms with E-state index in [0.717, 1.165) is 24.0 Å². The highest BCUT2D eigenvalue weighted by Crippen LogP contribution is 2.30. The maximum Gasteiger partial charge on any atom is 0.183 e. The molecule has 0 saturated carbocycles. The van der Waals surface area contributed by atoms with Crippen LogP contribution in [0.15, 0.2) is 35.4 Å². The highest BCUT2D eigenvalue weighted by molar-refractivity contribution is 7.92. The molecule has 2 heterocycles. The summed E-state index contributed by atoms with van der Waals surface area (Å²) in [6.45, 7) is 1.57. The van der Waals surface area contributed by atoms with Crippen molar-refractivity contribution in [2.45, 2.75) is 23.0 Å². The Morgan fingerprint density at radius 3 is 2.63 bits per heavy atom. The van der Waals surface area contributed by atoms with Gasteiger partial charge >= 0.3 is 0 Å². The van der Waals surface area contributed by atoms with Crippen molar-refractivity contribution in [3.8, 4) is 0 Å². The molecule has 0 aliphatic carbocycles. The number of para-hydroxylation sites is 1. The predicted octanol–water partition coefficient (Wildman–Crippen LogP) is 1.70. The van der Waals surface area contributed by atoms with Crippen LogP contribution in [0.5, 0.6) is 0 Å². The molecular weight excluding hydrogens is 260 g/mol. The predicted molar refractivity (Wildman–Crippen MR) is 76.0 cm³/mol. The summed E-state index contributed by atoms with van der Waals surface area (Å²) in [7, 11) is -1.34. The Morgan fingerprint density at radius 1 is 1.21 bits per heavy atom. The molecule has 1 aliphatic heterocycles. The number of rotatable bonds is 2. The van der Waals surface area contributed by atoms with Crippen LogP contribution in [0, 0.1) is 0 Å². The molecule has 0 atom stereocenters. The van der Waals surface area contributed by atoms with E-state index < -0.39 is 9.84 Å². The van der Waals surface area contributed by atoms with Crippen LogP contribution >= 0.6 is 0 Å². The molecule has 5 heteroatoms. The molecule has 2 aromatic rings. The first-order chi connectivity index (χ1) is 9.10. The van der Waals surface area contributed by atoms with Crippen molar-refractivity contribution in [2.75, 3.05) is 13.1 Å². The number of benzene rings is 1. The van der Waals surface area contributed by atoms with Gasteiger partial charge in [-0.25, -0.2) is 8.42 Å². The summed E-state index contributed by atoms with van der Waals surface area (Å²) in [4.78, 5) is 0.484. The first-order valence-corrected chi connectivity index (χ1v) is 8.14. The van der Waals surface area contributed by atoms with E-state index in [1.54, 1.807) is 6.20 Å². The quantitative estimate of drug-likeness (QED) is 0.909. The van der Waals surface area contributed by atoms with Crippen molar-refractivity contribution in [2.24, 2.45) is 7.05 Å². The fourth-order valence-corrected chi connectivity index (χ4v) is 4.82. The van der Waals surface area contributed by atoms with Gasteiger partial charge < -0.3 is 9.88 Å². The van der Waals surface area contributed by atoms with Crippen LogP contribution in [-0.4, -0.2) is 31.3 Å². The first kappa shape index (κ1) is 12.7. The molecule has 0 bridgehead atoms. The average molecular weight is 278 g/mol. The van der Waals surface area contributed by atoms with Gasteiger partial charge in [-0.15, -0.1) is 0 Å². The van der Waals surface area contributed by atoms with Crippen LogP contribution in [0.3, 0.4) is 0 Å². The van der Waals surface area contributed by atoms with E-state index in [9.17, 15) is 8.42 Å². The average Bonchev–Trinajstić information content (AvgIpc) is 2.79. The molecule has 1 aliphatic rings. The van der Waals surface area contributed by atoms with Crippen LogP contribution in [0.1, 0.15) is 12.8 Å². The third-order valence-corrected chi connectivity index (χ3v) is 6.18. The first-order valence-electron chi connectivity index (χ1n) is 6.59. The van der Waals surface area contributed by atoms with Crippen molar-refractivity contribution < 1.29 is 8.42 Å². The zero-order valence-electron chi connectivity index (χ0n) is 11.0. The Balaban J connectivity index is 2.13. The molecule has 1 N–H and O–H groups in total. The molecule has 0 amide bonds. The molecular formula is C14H18N2O2S. The summed E-state index contributed by atoms with van der Waals surface area (Å²) in [5.74, 6) is 0. The molecule has 1 saturated heterocycles. The zero-order chi connectivity index (χ0) is 13.5. The van der Waals surface area contributed by atoms with Crippen molar-refractivity contribution in [3.05, 3.63) is 30.5 Å². The summed E-state index contributed by atoms with van der Waals surface area (Å²) in [6, 6.07) is 7.67. The number of aromatic nitrogens is 1. The Kier molecular flexibility index (Phi) is 3.11. The number of aryl methyl sites for hydroxylation is 1. The molecule has 0 radical (unpaired) electrons. The lowest BCUT2D eigenvalue weighted by molar-refractivity contribution is 0.496. The molecule has 1 fully saturated rings. The second-order valence-electron chi connectivity index (χ2n) is 5.12. The number of nitrogens with one attached hydrogen (secondary N) is 1. The Hall–Kier alpha value is -1.33. The molecule has 0 unspecified atom stereocenters. The molecule has 1 aromatic heterocycles. The number of sulfone groups is 1. The van der Waals surface area contributed by atoms with Crippen LogP contribution in [0.2, 0.25) is 0 Å². The highest BCUT2D eigenvalue weighted by atomic mass is 32.2. The van der Waals surface area contributed by atoms with Gasteiger partial charge in [-0.05, 0) is 32.0 Å². The van der Waals surface area contributed by atoms with E-state index in [1.165, 1.54) is 0 Å². The fourth-order valence-electron chi connectivity index (χ4n) is 2.82. The zero-order valence-corrected chi connectivity index (χ0v) is 11.8. The lowest BCUT2D eigenvalue weighted by Gasteiger charge is -2.22. The van der Waals surface area contributed by atoms with Gasteiger partial charge in [-0.1, -0.05) is 18.2 Å². The minimum atomic E-state index is -3.23. The molecule has 102 valence electrons. The maximum absolute atomic E-state index is 12.8. The number of hydrogen-bond donors (Lipinski definition) is 1. The van der Waals surface area contributed by atoms with Gasteiger partial charge in [0.15, 0.2) is 9.84 Å². The van der Waals surface area contributed by atoms with E-state index >= 15 is 0 Å². The summed E-state index contributed by atoms with van der Waals surface area (Å²) < 4.78 is 27.4. The second-order valence-corrected chi connectivity index (χ2v) is 7.31. The molecule has 4 nitrogen and oxygen atoms in total. The summed E-state index contributed by atoms with van der Waals surface area (Å²) >= 11 is 0. The molecule has 1 aromatic carbocycles. The normalized spacial score (nSPS) is 17.9. The van der Waals surface area contributed by atoms with Crippen molar-refractivity contribution in [3.63, 3.8) is 0 Å². The summed E-state index contributed by atoms with van der Waals surface area (Å²) in [5, 5.41) is 3.80. The molecule has 0 spiro atoms. The smallest absolute Gasteiger partial charge is 0.183 e. The van der Waals surface area contributed by atoms with Crippen LogP contribution in [-0.2, 0) is 16.9 Å². The number of piperidine rings is 1. The van der Waals surface area contributed by atoms with E-state index in [2.05, 4.69) is 5.32 Å². The third-order valence-electron chi connectivity index (χ3n) is 3.89. The summed E-state index contributed by atoms with van der Waals surface area (Å²) in [6.07, 6.45) is 3.15. The van der Waals surface area contributed by atoms with Gasteiger partial charge in [0.05, 0.1) is 10.1 Å². The Bertz CT molecular complexity index is 697. The molecule has 3 rings (SSSR count). The van der Waals surface area contributed by atoms with Crippen molar-refractivity contribution in [1.29, 1.82) is 0 Å². The lowest BCUT2D eigenvalue weighted by atomic mass is 10.2. The fraction of sp³-hybridized carbons (Fsp3) is 0.429. The van der Waals surface area contributed by atoms with Gasteiger partial charge in [-0.3, -0.25) is 0 Å². The minimum absolute atomic E-state index is 0.250. The third kappa shape index (κ3) is 2.07. The molecule has 19 heavy (non-hydrogen) atoms. The number of nitrogens with zero attached hydrogens (tertiary/aromatic N) is 1. The van der Waals surface area contributed by atoms with Gasteiger partial charge in [0.1, 0.15) is 0 Å². The SMILES string of the molecule is Cn1cc(S(=O)(=O)C2CCNCC2)c2ccccc21. The lowest BCUT2D eigenvalue weighted by Crippen LogP contribution is -2.35. The number of hydrogen-bond acceptors (Lipinski definition) is 3. The van der Waals surface area contributed by atoms with E-state index in [0.29, 0.717) is 17.7 Å². The largest absolute Gasteiger partial charge is 0.349 e. The van der Waals surface area contributed by atoms with E-state index in [-0.39, 0.29) is 5.25 Å². The Labute approximate surface area is 113 Å². The van der Waals surface area contributed by atoms with Crippen LogP contribution in [0.4, 0.5) is 0 Å². The van der Waals surface area contributed by atoms with Crippen molar-refractivity contribution >= 4 is 20.7 Å². The standard InChI is InChI=1S/C14H18N2O2S/c1-16-10-14(12-4-2-3-5-13(12)16)19(17,18)11-6-8-15-9-7-11/h2-5,10-11,15H,6-9H2,1H3. The van der Waals surface area contributed by atoms with Gasteiger partial charge in [0.25, 0.3) is 0 Å². The van der Waals surface area contributed by atoms with Gasteiger partial charge in [-0.2, -0.15) is 0 Å². The number of fused-ring (bicyclic) bond motifs is 1. The van der Waals surface area contributed by atoms with Gasteiger partial charge in [0.2, 0.25) is 0 Å². The monoisotopic (exact) mass is 278 g/mol. The summed E-state index contributed by atoms with van der Waals surface area (Å²) in [5.41, 5.74) is 0.968. The maximum atomic E-state index is 12.8. The van der Waals surface area contributed by atoms with E-state index in [4.69, 9.17) is 0 Å².